The number of aryl methyl sites for hydroxylation is 1. The number of rotatable bonds is 4. The minimum absolute atomic E-state index is 0.159. The molecule has 0 aliphatic heterocycles. The second-order valence-corrected chi connectivity index (χ2v) is 3.44. The molecule has 4 nitrogen and oxygen atoms in total. The van der Waals surface area contributed by atoms with Gasteiger partial charge < -0.3 is 0 Å². The van der Waals surface area contributed by atoms with Crippen molar-refractivity contribution in [3.8, 4) is 0 Å². The molecule has 1 heterocycles. The van der Waals surface area contributed by atoms with Crippen molar-refractivity contribution in [1.82, 2.24) is 15.2 Å². The van der Waals surface area contributed by atoms with Gasteiger partial charge in [-0.3, -0.25) is 16.0 Å². The molecule has 0 spiro atoms. The Balaban J connectivity index is 2.77. The molecule has 0 radical (unpaired) electrons. The third kappa shape index (κ3) is 2.29. The first kappa shape index (κ1) is 10.2. The Hall–Kier alpha value is -0.870. The maximum Gasteiger partial charge on any atom is 0.0810 e. The van der Waals surface area contributed by atoms with E-state index >= 15 is 0 Å². The molecule has 0 fully saturated rings. The highest BCUT2D eigenvalue weighted by Crippen LogP contribution is 2.21. The Bertz CT molecular complexity index is 256. The minimum atomic E-state index is 0.159. The van der Waals surface area contributed by atoms with Gasteiger partial charge in [-0.1, -0.05) is 20.3 Å². The highest BCUT2D eigenvalue weighted by atomic mass is 15.3. The van der Waals surface area contributed by atoms with E-state index in [9.17, 15) is 0 Å². The molecule has 0 aromatic carbocycles. The van der Waals surface area contributed by atoms with Crippen LogP contribution in [0.2, 0.25) is 0 Å². The van der Waals surface area contributed by atoms with Gasteiger partial charge in [0.1, 0.15) is 0 Å². The third-order valence-electron chi connectivity index (χ3n) is 2.45. The first-order chi connectivity index (χ1) is 6.19. The van der Waals surface area contributed by atoms with E-state index in [2.05, 4.69) is 24.4 Å². The van der Waals surface area contributed by atoms with Crippen molar-refractivity contribution >= 4 is 0 Å². The van der Waals surface area contributed by atoms with Crippen molar-refractivity contribution in [2.24, 2.45) is 18.8 Å². The summed E-state index contributed by atoms with van der Waals surface area (Å²) < 4.78 is 1.79. The van der Waals surface area contributed by atoms with Gasteiger partial charge in [0.05, 0.1) is 11.7 Å². The molecule has 0 aliphatic carbocycles. The van der Waals surface area contributed by atoms with Gasteiger partial charge in [0.2, 0.25) is 0 Å². The van der Waals surface area contributed by atoms with Gasteiger partial charge in [0.25, 0.3) is 0 Å². The van der Waals surface area contributed by atoms with E-state index in [4.69, 9.17) is 5.84 Å². The lowest BCUT2D eigenvalue weighted by molar-refractivity contribution is 0.373. The molecular formula is C9H18N4. The molecule has 2 unspecified atom stereocenters. The van der Waals surface area contributed by atoms with Gasteiger partial charge in [0.15, 0.2) is 0 Å². The summed E-state index contributed by atoms with van der Waals surface area (Å²) in [5, 5.41) is 4.33. The predicted octanol–water partition coefficient (Wildman–Crippen LogP) is 0.971. The molecule has 0 bridgehead atoms. The quantitative estimate of drug-likeness (QED) is 0.539. The van der Waals surface area contributed by atoms with E-state index in [-0.39, 0.29) is 6.04 Å². The third-order valence-corrected chi connectivity index (χ3v) is 2.45. The summed E-state index contributed by atoms with van der Waals surface area (Å²) in [5.41, 5.74) is 3.82. The van der Waals surface area contributed by atoms with E-state index in [1.54, 1.807) is 4.68 Å². The Kier molecular flexibility index (Phi) is 3.45. The lowest BCUT2D eigenvalue weighted by Gasteiger charge is -2.19. The van der Waals surface area contributed by atoms with Gasteiger partial charge >= 0.3 is 0 Å². The van der Waals surface area contributed by atoms with Gasteiger partial charge in [-0.25, -0.2) is 0 Å². The van der Waals surface area contributed by atoms with Crippen LogP contribution >= 0.6 is 0 Å². The van der Waals surface area contributed by atoms with Gasteiger partial charge in [-0.05, 0) is 12.0 Å². The smallest absolute Gasteiger partial charge is 0.0810 e. The van der Waals surface area contributed by atoms with Crippen LogP contribution in [-0.4, -0.2) is 9.78 Å². The van der Waals surface area contributed by atoms with E-state index in [1.807, 2.05) is 19.3 Å². The molecule has 1 aromatic rings. The van der Waals surface area contributed by atoms with E-state index in [0.717, 1.165) is 12.1 Å². The SMILES string of the molecule is CCC(C)C(NN)c1ccn(C)n1. The maximum absolute atomic E-state index is 5.49. The zero-order chi connectivity index (χ0) is 9.84. The molecule has 0 saturated carbocycles. The van der Waals surface area contributed by atoms with Crippen LogP contribution in [0, 0.1) is 5.92 Å². The van der Waals surface area contributed by atoms with Crippen molar-refractivity contribution in [3.05, 3.63) is 18.0 Å². The number of hydrogen-bond donors (Lipinski definition) is 2. The average Bonchev–Trinajstić information content (AvgIpc) is 2.53. The highest BCUT2D eigenvalue weighted by molar-refractivity contribution is 5.06. The Labute approximate surface area is 79.1 Å². The van der Waals surface area contributed by atoms with Gasteiger partial charge in [0, 0.05) is 13.2 Å². The van der Waals surface area contributed by atoms with Crippen LogP contribution in [0.4, 0.5) is 0 Å². The van der Waals surface area contributed by atoms with Crippen molar-refractivity contribution < 1.29 is 0 Å². The molecule has 0 saturated heterocycles. The second-order valence-electron chi connectivity index (χ2n) is 3.44. The van der Waals surface area contributed by atoms with Crippen LogP contribution in [0.25, 0.3) is 0 Å². The zero-order valence-electron chi connectivity index (χ0n) is 8.49. The summed E-state index contributed by atoms with van der Waals surface area (Å²) in [4.78, 5) is 0. The maximum atomic E-state index is 5.49. The largest absolute Gasteiger partial charge is 0.275 e. The fraction of sp³-hybridized carbons (Fsp3) is 0.667. The first-order valence-corrected chi connectivity index (χ1v) is 4.64. The number of hydrogen-bond acceptors (Lipinski definition) is 3. The standard InChI is InChI=1S/C9H18N4/c1-4-7(2)9(11-10)8-5-6-13(3)12-8/h5-7,9,11H,4,10H2,1-3H3. The van der Waals surface area contributed by atoms with E-state index in [0.29, 0.717) is 5.92 Å². The monoisotopic (exact) mass is 182 g/mol. The zero-order valence-corrected chi connectivity index (χ0v) is 8.49. The normalized spacial score (nSPS) is 15.7. The number of hydrazine groups is 1. The summed E-state index contributed by atoms with van der Waals surface area (Å²) in [6.45, 7) is 4.32. The Morgan fingerprint density at radius 3 is 2.77 bits per heavy atom. The molecule has 3 N–H and O–H groups in total. The summed E-state index contributed by atoms with van der Waals surface area (Å²) in [6.07, 6.45) is 3.02. The van der Waals surface area contributed by atoms with E-state index < -0.39 is 0 Å². The molecule has 2 atom stereocenters. The number of nitrogens with two attached hydrogens (primary N) is 1. The fourth-order valence-electron chi connectivity index (χ4n) is 1.38. The van der Waals surface area contributed by atoms with Crippen molar-refractivity contribution in [3.63, 3.8) is 0 Å². The molecule has 1 rings (SSSR count). The lowest BCUT2D eigenvalue weighted by Crippen LogP contribution is -2.32. The molecule has 1 aromatic heterocycles. The number of nitrogens with zero attached hydrogens (tertiary/aromatic N) is 2. The van der Waals surface area contributed by atoms with Crippen molar-refractivity contribution in [2.75, 3.05) is 0 Å². The Morgan fingerprint density at radius 1 is 1.69 bits per heavy atom. The molecular weight excluding hydrogens is 164 g/mol. The van der Waals surface area contributed by atoms with Crippen LogP contribution in [0.3, 0.4) is 0 Å². The van der Waals surface area contributed by atoms with Crippen LogP contribution in [0.15, 0.2) is 12.3 Å². The van der Waals surface area contributed by atoms with Crippen LogP contribution in [0.1, 0.15) is 32.0 Å². The predicted molar refractivity (Wildman–Crippen MR) is 52.7 cm³/mol. The van der Waals surface area contributed by atoms with Gasteiger partial charge in [-0.15, -0.1) is 0 Å². The highest BCUT2D eigenvalue weighted by Gasteiger charge is 2.18. The lowest BCUT2D eigenvalue weighted by atomic mass is 9.97. The molecule has 4 heteroatoms. The van der Waals surface area contributed by atoms with Gasteiger partial charge in [-0.2, -0.15) is 5.10 Å². The van der Waals surface area contributed by atoms with Crippen LogP contribution in [-0.2, 0) is 7.05 Å². The van der Waals surface area contributed by atoms with Crippen LogP contribution < -0.4 is 11.3 Å². The first-order valence-electron chi connectivity index (χ1n) is 4.64. The number of aromatic nitrogens is 2. The van der Waals surface area contributed by atoms with Crippen molar-refractivity contribution in [2.45, 2.75) is 26.3 Å². The topological polar surface area (TPSA) is 55.9 Å². The fourth-order valence-corrected chi connectivity index (χ4v) is 1.38. The summed E-state index contributed by atoms with van der Waals surface area (Å²) in [7, 11) is 1.91. The van der Waals surface area contributed by atoms with E-state index in [1.165, 1.54) is 0 Å². The summed E-state index contributed by atoms with van der Waals surface area (Å²) in [6, 6.07) is 2.16. The molecule has 0 amide bonds. The summed E-state index contributed by atoms with van der Waals surface area (Å²) >= 11 is 0. The Morgan fingerprint density at radius 2 is 2.38 bits per heavy atom. The second kappa shape index (κ2) is 4.39. The minimum Gasteiger partial charge on any atom is -0.275 e. The van der Waals surface area contributed by atoms with Crippen molar-refractivity contribution in [1.29, 1.82) is 0 Å². The molecule has 13 heavy (non-hydrogen) atoms. The molecule has 74 valence electrons. The summed E-state index contributed by atoms with van der Waals surface area (Å²) in [5.74, 6) is 5.99. The average molecular weight is 182 g/mol. The molecule has 0 aliphatic rings. The van der Waals surface area contributed by atoms with Crippen LogP contribution in [0.5, 0.6) is 0 Å². The number of nitrogens with one attached hydrogen (secondary N) is 1.